The summed E-state index contributed by atoms with van der Waals surface area (Å²) in [6, 6.07) is 3.76. The molecule has 0 unspecified atom stereocenters. The molecule has 6 heteroatoms. The van der Waals surface area contributed by atoms with E-state index in [1.54, 1.807) is 0 Å². The molecule has 1 aliphatic rings. The van der Waals surface area contributed by atoms with Crippen LogP contribution in [0.4, 0.5) is 5.95 Å². The fraction of sp³-hybridized carbons (Fsp3) is 0.438. The van der Waals surface area contributed by atoms with E-state index < -0.39 is 0 Å². The molecule has 0 radical (unpaired) electrons. The van der Waals surface area contributed by atoms with Crippen LogP contribution in [0.25, 0.3) is 0 Å². The highest BCUT2D eigenvalue weighted by Crippen LogP contribution is 2.16. The predicted octanol–water partition coefficient (Wildman–Crippen LogP) is 2.77. The summed E-state index contributed by atoms with van der Waals surface area (Å²) in [5.74, 6) is 0.733. The standard InChI is InChI=1S/C16H20N4OS/c1-12-9-14(10-17-15(21)13-5-8-22-11-13)19-16(18-12)20-6-3-2-4-7-20/h5,8-9,11H,2-4,6-7,10H2,1H3,(H,17,21). The highest BCUT2D eigenvalue weighted by atomic mass is 32.1. The van der Waals surface area contributed by atoms with Gasteiger partial charge in [-0.3, -0.25) is 4.79 Å². The van der Waals surface area contributed by atoms with Gasteiger partial charge in [-0.15, -0.1) is 0 Å². The van der Waals surface area contributed by atoms with Gasteiger partial charge in [-0.1, -0.05) is 0 Å². The van der Waals surface area contributed by atoms with Gasteiger partial charge in [0.1, 0.15) is 0 Å². The van der Waals surface area contributed by atoms with Crippen molar-refractivity contribution in [2.45, 2.75) is 32.7 Å². The first-order chi connectivity index (χ1) is 10.7. The van der Waals surface area contributed by atoms with Crippen LogP contribution < -0.4 is 10.2 Å². The summed E-state index contributed by atoms with van der Waals surface area (Å²) in [6.07, 6.45) is 3.68. The molecule has 0 spiro atoms. The zero-order valence-electron chi connectivity index (χ0n) is 12.7. The molecule has 1 aliphatic heterocycles. The van der Waals surface area contributed by atoms with Crippen molar-refractivity contribution in [1.29, 1.82) is 0 Å². The second-order valence-electron chi connectivity index (χ2n) is 5.54. The molecule has 3 rings (SSSR count). The third-order valence-electron chi connectivity index (χ3n) is 3.75. The van der Waals surface area contributed by atoms with Crippen LogP contribution in [-0.2, 0) is 6.54 Å². The van der Waals surface area contributed by atoms with Crippen molar-refractivity contribution in [3.63, 3.8) is 0 Å². The Hall–Kier alpha value is -1.95. The summed E-state index contributed by atoms with van der Waals surface area (Å²) >= 11 is 1.52. The summed E-state index contributed by atoms with van der Waals surface area (Å²) < 4.78 is 0. The van der Waals surface area contributed by atoms with Gasteiger partial charge in [-0.25, -0.2) is 9.97 Å². The van der Waals surface area contributed by atoms with E-state index in [0.29, 0.717) is 12.1 Å². The van der Waals surface area contributed by atoms with Gasteiger partial charge in [0.25, 0.3) is 5.91 Å². The van der Waals surface area contributed by atoms with Gasteiger partial charge in [0.05, 0.1) is 12.2 Å². The minimum absolute atomic E-state index is 0.0583. The molecule has 0 saturated carbocycles. The number of carbonyl (C=O) groups excluding carboxylic acids is 1. The molecule has 5 nitrogen and oxygen atoms in total. The molecule has 0 bridgehead atoms. The Bertz CT molecular complexity index is 636. The van der Waals surface area contributed by atoms with Crippen LogP contribution in [0.15, 0.2) is 22.9 Å². The number of nitrogens with one attached hydrogen (secondary N) is 1. The maximum atomic E-state index is 12.0. The lowest BCUT2D eigenvalue weighted by molar-refractivity contribution is 0.0951. The van der Waals surface area contributed by atoms with Crippen LogP contribution >= 0.6 is 11.3 Å². The first-order valence-electron chi connectivity index (χ1n) is 7.62. The molecule has 1 fully saturated rings. The fourth-order valence-electron chi connectivity index (χ4n) is 2.61. The quantitative estimate of drug-likeness (QED) is 0.942. The summed E-state index contributed by atoms with van der Waals surface area (Å²) in [4.78, 5) is 23.4. The van der Waals surface area contributed by atoms with Gasteiger partial charge in [0.15, 0.2) is 0 Å². The van der Waals surface area contributed by atoms with E-state index in [1.807, 2.05) is 29.8 Å². The van der Waals surface area contributed by atoms with Crippen molar-refractivity contribution in [3.8, 4) is 0 Å². The summed E-state index contributed by atoms with van der Waals surface area (Å²) in [6.45, 7) is 4.44. The number of anilines is 1. The van der Waals surface area contributed by atoms with Gasteiger partial charge in [-0.05, 0) is 43.7 Å². The molecule has 0 aromatic carbocycles. The first kappa shape index (κ1) is 15.0. The number of amides is 1. The molecule has 0 aliphatic carbocycles. The van der Waals surface area contributed by atoms with Crippen LogP contribution in [0.3, 0.4) is 0 Å². The zero-order chi connectivity index (χ0) is 15.4. The number of hydrogen-bond donors (Lipinski definition) is 1. The SMILES string of the molecule is Cc1cc(CNC(=O)c2ccsc2)nc(N2CCCCC2)n1. The molecule has 1 saturated heterocycles. The normalized spacial score (nSPS) is 14.9. The molecule has 0 atom stereocenters. The van der Waals surface area contributed by atoms with E-state index in [9.17, 15) is 4.79 Å². The Labute approximate surface area is 134 Å². The van der Waals surface area contributed by atoms with Crippen LogP contribution in [-0.4, -0.2) is 29.0 Å². The van der Waals surface area contributed by atoms with Crippen LogP contribution in [0.1, 0.15) is 41.0 Å². The Morgan fingerprint density at radius 2 is 2.14 bits per heavy atom. The summed E-state index contributed by atoms with van der Waals surface area (Å²) in [5.41, 5.74) is 2.50. The second kappa shape index (κ2) is 6.87. The minimum Gasteiger partial charge on any atom is -0.346 e. The van der Waals surface area contributed by atoms with E-state index in [-0.39, 0.29) is 5.91 Å². The molecule has 2 aromatic rings. The lowest BCUT2D eigenvalue weighted by Crippen LogP contribution is -2.31. The van der Waals surface area contributed by atoms with Crippen molar-refractivity contribution in [3.05, 3.63) is 39.8 Å². The van der Waals surface area contributed by atoms with E-state index >= 15 is 0 Å². The summed E-state index contributed by atoms with van der Waals surface area (Å²) in [7, 11) is 0. The number of thiophene rings is 1. The summed E-state index contributed by atoms with van der Waals surface area (Å²) in [5, 5.41) is 6.67. The fourth-order valence-corrected chi connectivity index (χ4v) is 3.25. The molecular formula is C16H20N4OS. The van der Waals surface area contributed by atoms with Crippen molar-refractivity contribution < 1.29 is 4.79 Å². The van der Waals surface area contributed by atoms with E-state index in [4.69, 9.17) is 0 Å². The number of rotatable bonds is 4. The third kappa shape index (κ3) is 3.62. The smallest absolute Gasteiger partial charge is 0.252 e. The third-order valence-corrected chi connectivity index (χ3v) is 4.43. The first-order valence-corrected chi connectivity index (χ1v) is 8.56. The van der Waals surface area contributed by atoms with Crippen molar-refractivity contribution in [1.82, 2.24) is 15.3 Å². The zero-order valence-corrected chi connectivity index (χ0v) is 13.5. The highest BCUT2D eigenvalue weighted by molar-refractivity contribution is 7.08. The van der Waals surface area contributed by atoms with Gasteiger partial charge >= 0.3 is 0 Å². The van der Waals surface area contributed by atoms with E-state index in [1.165, 1.54) is 30.6 Å². The molecule has 1 amide bonds. The molecule has 3 heterocycles. The minimum atomic E-state index is -0.0583. The maximum absolute atomic E-state index is 12.0. The van der Waals surface area contributed by atoms with Crippen molar-refractivity contribution in [2.24, 2.45) is 0 Å². The van der Waals surface area contributed by atoms with Crippen molar-refractivity contribution >= 4 is 23.2 Å². The van der Waals surface area contributed by atoms with E-state index in [0.717, 1.165) is 30.4 Å². The highest BCUT2D eigenvalue weighted by Gasteiger charge is 2.15. The maximum Gasteiger partial charge on any atom is 0.252 e. The number of hydrogen-bond acceptors (Lipinski definition) is 5. The lowest BCUT2D eigenvalue weighted by atomic mass is 10.1. The largest absolute Gasteiger partial charge is 0.346 e. The van der Waals surface area contributed by atoms with Gasteiger partial charge in [0, 0.05) is 29.7 Å². The Morgan fingerprint density at radius 3 is 2.86 bits per heavy atom. The van der Waals surface area contributed by atoms with Gasteiger partial charge < -0.3 is 10.2 Å². The monoisotopic (exact) mass is 316 g/mol. The Morgan fingerprint density at radius 1 is 1.32 bits per heavy atom. The number of nitrogens with zero attached hydrogens (tertiary/aromatic N) is 3. The molecule has 2 aromatic heterocycles. The number of piperidine rings is 1. The van der Waals surface area contributed by atoms with Crippen LogP contribution in [0.2, 0.25) is 0 Å². The predicted molar refractivity (Wildman–Crippen MR) is 88.3 cm³/mol. The Balaban J connectivity index is 1.68. The molecular weight excluding hydrogens is 296 g/mol. The Kier molecular flexibility index (Phi) is 4.68. The van der Waals surface area contributed by atoms with Gasteiger partial charge in [0.2, 0.25) is 5.95 Å². The average molecular weight is 316 g/mol. The number of aryl methyl sites for hydroxylation is 1. The number of carbonyl (C=O) groups is 1. The number of aromatic nitrogens is 2. The van der Waals surface area contributed by atoms with Crippen LogP contribution in [0.5, 0.6) is 0 Å². The topological polar surface area (TPSA) is 58.1 Å². The molecule has 116 valence electrons. The average Bonchev–Trinajstić information content (AvgIpc) is 3.07. The molecule has 22 heavy (non-hydrogen) atoms. The lowest BCUT2D eigenvalue weighted by Gasteiger charge is -2.27. The second-order valence-corrected chi connectivity index (χ2v) is 6.32. The van der Waals surface area contributed by atoms with E-state index in [2.05, 4.69) is 20.2 Å². The molecule has 1 N–H and O–H groups in total. The van der Waals surface area contributed by atoms with Crippen molar-refractivity contribution in [2.75, 3.05) is 18.0 Å². The van der Waals surface area contributed by atoms with Gasteiger partial charge in [-0.2, -0.15) is 11.3 Å². The van der Waals surface area contributed by atoms with Crippen LogP contribution in [0, 0.1) is 6.92 Å².